The highest BCUT2D eigenvalue weighted by Gasteiger charge is 2.20. The van der Waals surface area contributed by atoms with Gasteiger partial charge >= 0.3 is 0 Å². The van der Waals surface area contributed by atoms with E-state index in [0.29, 0.717) is 5.69 Å². The van der Waals surface area contributed by atoms with Crippen molar-refractivity contribution in [3.8, 4) is 0 Å². The molecule has 27 heavy (non-hydrogen) atoms. The number of aromatic amines is 1. The highest BCUT2D eigenvalue weighted by molar-refractivity contribution is 7.92. The lowest BCUT2D eigenvalue weighted by Crippen LogP contribution is -2.46. The van der Waals surface area contributed by atoms with Crippen molar-refractivity contribution in [2.75, 3.05) is 47.0 Å². The van der Waals surface area contributed by atoms with Gasteiger partial charge in [0.1, 0.15) is 0 Å². The summed E-state index contributed by atoms with van der Waals surface area (Å²) in [5, 5.41) is 1.92. The molecule has 142 valence electrons. The fraction of sp³-hybridized carbons (Fsp3) is 0.263. The van der Waals surface area contributed by atoms with Gasteiger partial charge in [0.15, 0.2) is 0 Å². The van der Waals surface area contributed by atoms with Gasteiger partial charge in [-0.2, -0.15) is 0 Å². The molecule has 0 amide bonds. The van der Waals surface area contributed by atoms with Crippen LogP contribution in [0.3, 0.4) is 0 Å². The summed E-state index contributed by atoms with van der Waals surface area (Å²) in [7, 11) is -3.25. The summed E-state index contributed by atoms with van der Waals surface area (Å²) in [4.78, 5) is 7.89. The number of hydrogen-bond acceptors (Lipinski definition) is 4. The third-order valence-electron chi connectivity index (χ3n) is 4.77. The van der Waals surface area contributed by atoms with E-state index in [9.17, 15) is 8.42 Å². The van der Waals surface area contributed by atoms with E-state index in [2.05, 4.69) is 25.6 Å². The zero-order valence-corrected chi connectivity index (χ0v) is 16.5. The molecule has 2 heterocycles. The molecule has 0 bridgehead atoms. The van der Waals surface area contributed by atoms with Gasteiger partial charge in [0.25, 0.3) is 0 Å². The van der Waals surface area contributed by atoms with Gasteiger partial charge in [-0.15, -0.1) is 0 Å². The quantitative estimate of drug-likeness (QED) is 0.698. The number of fused-ring (bicyclic) bond motifs is 1. The lowest BCUT2D eigenvalue weighted by atomic mass is 10.1. The van der Waals surface area contributed by atoms with Crippen molar-refractivity contribution in [1.82, 2.24) is 4.98 Å². The highest BCUT2D eigenvalue weighted by Crippen LogP contribution is 2.31. The molecule has 1 aliphatic heterocycles. The van der Waals surface area contributed by atoms with Crippen molar-refractivity contribution >= 4 is 49.6 Å². The molecular weight excluding hydrogens is 384 g/mol. The minimum Gasteiger partial charge on any atom is -0.368 e. The van der Waals surface area contributed by atoms with Crippen LogP contribution in [0, 0.1) is 0 Å². The number of nitrogens with zero attached hydrogens (tertiary/aromatic N) is 2. The average molecular weight is 405 g/mol. The number of aromatic nitrogens is 1. The molecule has 0 spiro atoms. The van der Waals surface area contributed by atoms with Crippen LogP contribution in [0.2, 0.25) is 5.02 Å². The first-order valence-electron chi connectivity index (χ1n) is 8.73. The normalized spacial score (nSPS) is 15.3. The van der Waals surface area contributed by atoms with Gasteiger partial charge in [0.2, 0.25) is 10.0 Å². The Morgan fingerprint density at radius 2 is 1.67 bits per heavy atom. The van der Waals surface area contributed by atoms with E-state index < -0.39 is 10.0 Å². The molecule has 2 N–H and O–H groups in total. The zero-order valence-electron chi connectivity index (χ0n) is 14.9. The summed E-state index contributed by atoms with van der Waals surface area (Å²) in [6.45, 7) is 3.56. The minimum absolute atomic E-state index is 0.577. The van der Waals surface area contributed by atoms with E-state index in [1.54, 1.807) is 12.1 Å². The first-order chi connectivity index (χ1) is 12.9. The molecular formula is C19H21ClN4O2S. The number of halogens is 1. The van der Waals surface area contributed by atoms with Crippen LogP contribution in [0.25, 0.3) is 10.9 Å². The summed E-state index contributed by atoms with van der Waals surface area (Å²) >= 11 is 6.28. The smallest absolute Gasteiger partial charge is 0.229 e. The number of anilines is 3. The predicted molar refractivity (Wildman–Crippen MR) is 113 cm³/mol. The number of sulfonamides is 1. The van der Waals surface area contributed by atoms with Crippen LogP contribution in [-0.4, -0.2) is 45.8 Å². The van der Waals surface area contributed by atoms with E-state index >= 15 is 0 Å². The molecule has 0 unspecified atom stereocenters. The van der Waals surface area contributed by atoms with Crippen LogP contribution in [0.15, 0.2) is 48.7 Å². The average Bonchev–Trinajstić information content (AvgIpc) is 3.09. The van der Waals surface area contributed by atoms with E-state index in [1.807, 2.05) is 30.5 Å². The van der Waals surface area contributed by atoms with Crippen LogP contribution in [-0.2, 0) is 10.0 Å². The molecule has 2 aromatic carbocycles. The number of benzene rings is 2. The summed E-state index contributed by atoms with van der Waals surface area (Å²) in [6.07, 6.45) is 3.09. The Hall–Kier alpha value is -2.38. The van der Waals surface area contributed by atoms with Crippen molar-refractivity contribution in [2.24, 2.45) is 0 Å². The van der Waals surface area contributed by atoms with Crippen molar-refractivity contribution < 1.29 is 8.42 Å². The van der Waals surface area contributed by atoms with Crippen LogP contribution < -0.4 is 14.5 Å². The van der Waals surface area contributed by atoms with Gasteiger partial charge in [-0.05, 0) is 42.5 Å². The number of hydrogen-bond donors (Lipinski definition) is 2. The minimum atomic E-state index is -3.25. The van der Waals surface area contributed by atoms with Crippen molar-refractivity contribution in [3.05, 3.63) is 53.7 Å². The second kappa shape index (κ2) is 6.98. The molecule has 0 radical (unpaired) electrons. The summed E-state index contributed by atoms with van der Waals surface area (Å²) in [5.41, 5.74) is 3.88. The summed E-state index contributed by atoms with van der Waals surface area (Å²) in [6, 6.07) is 13.6. The highest BCUT2D eigenvalue weighted by atomic mass is 35.5. The summed E-state index contributed by atoms with van der Waals surface area (Å²) in [5.74, 6) is 0. The molecule has 1 aliphatic rings. The third kappa shape index (κ3) is 3.99. The van der Waals surface area contributed by atoms with Gasteiger partial charge in [-0.1, -0.05) is 11.6 Å². The van der Waals surface area contributed by atoms with Crippen molar-refractivity contribution in [1.29, 1.82) is 0 Å². The van der Waals surface area contributed by atoms with E-state index in [0.717, 1.165) is 54.3 Å². The van der Waals surface area contributed by atoms with Gasteiger partial charge in [-0.25, -0.2) is 8.42 Å². The zero-order chi connectivity index (χ0) is 19.0. The Balaban J connectivity index is 1.46. The van der Waals surface area contributed by atoms with Gasteiger partial charge in [0, 0.05) is 65.4 Å². The number of H-pyrrole nitrogens is 1. The van der Waals surface area contributed by atoms with E-state index in [-0.39, 0.29) is 0 Å². The maximum atomic E-state index is 11.3. The first-order valence-corrected chi connectivity index (χ1v) is 11.0. The van der Waals surface area contributed by atoms with Gasteiger partial charge < -0.3 is 14.8 Å². The Morgan fingerprint density at radius 3 is 2.33 bits per heavy atom. The Kier molecular flexibility index (Phi) is 4.65. The molecule has 6 nitrogen and oxygen atoms in total. The maximum absolute atomic E-state index is 11.3. The largest absolute Gasteiger partial charge is 0.368 e. The van der Waals surface area contributed by atoms with Gasteiger partial charge in [-0.3, -0.25) is 4.72 Å². The second-order valence-electron chi connectivity index (χ2n) is 6.76. The molecule has 0 saturated carbocycles. The van der Waals surface area contributed by atoms with Crippen LogP contribution in [0.5, 0.6) is 0 Å². The van der Waals surface area contributed by atoms with E-state index in [1.165, 1.54) is 5.39 Å². The Bertz CT molecular complexity index is 1060. The van der Waals surface area contributed by atoms with Gasteiger partial charge in [0.05, 0.1) is 6.26 Å². The maximum Gasteiger partial charge on any atom is 0.229 e. The molecule has 0 aliphatic carbocycles. The predicted octanol–water partition coefficient (Wildman–Crippen LogP) is 3.52. The third-order valence-corrected chi connectivity index (χ3v) is 5.59. The second-order valence-corrected chi connectivity index (χ2v) is 8.94. The molecule has 1 fully saturated rings. The molecule has 4 rings (SSSR count). The first kappa shape index (κ1) is 18.0. The lowest BCUT2D eigenvalue weighted by Gasteiger charge is -2.37. The Morgan fingerprint density at radius 1 is 1.00 bits per heavy atom. The lowest BCUT2D eigenvalue weighted by molar-refractivity contribution is 0.607. The van der Waals surface area contributed by atoms with Crippen LogP contribution >= 0.6 is 11.6 Å². The topological polar surface area (TPSA) is 68.4 Å². The molecule has 3 aromatic rings. The molecule has 1 saturated heterocycles. The number of rotatable bonds is 4. The fourth-order valence-corrected chi connectivity index (χ4v) is 4.31. The van der Waals surface area contributed by atoms with Crippen molar-refractivity contribution in [2.45, 2.75) is 0 Å². The van der Waals surface area contributed by atoms with Crippen LogP contribution in [0.4, 0.5) is 17.1 Å². The van der Waals surface area contributed by atoms with Crippen LogP contribution in [0.1, 0.15) is 0 Å². The molecule has 1 aromatic heterocycles. The number of piperazine rings is 1. The Labute approximate surface area is 163 Å². The standard InChI is InChI=1S/C19H21ClN4O2S/c1-27(25,26)22-15-2-4-16(5-3-15)23-8-10-24(11-9-23)19-13-14(20)12-18-17(19)6-7-21-18/h2-7,12-13,21-22H,8-11H2,1H3. The molecule has 8 heteroatoms. The molecule has 0 atom stereocenters. The SMILES string of the molecule is CS(=O)(=O)Nc1ccc(N2CCN(c3cc(Cl)cc4[nH]ccc34)CC2)cc1. The fourth-order valence-electron chi connectivity index (χ4n) is 3.53. The summed E-state index contributed by atoms with van der Waals surface area (Å²) < 4.78 is 25.1. The monoisotopic (exact) mass is 404 g/mol. The number of nitrogens with one attached hydrogen (secondary N) is 2. The van der Waals surface area contributed by atoms with Crippen molar-refractivity contribution in [3.63, 3.8) is 0 Å². The van der Waals surface area contributed by atoms with E-state index in [4.69, 9.17) is 11.6 Å².